The molecule has 0 saturated carbocycles. The first-order valence-corrected chi connectivity index (χ1v) is 15.5. The lowest BCUT2D eigenvalue weighted by Crippen LogP contribution is -2.66. The molecule has 0 amide bonds. The monoisotopic (exact) mass is 658 g/mol. The molecule has 17 heteroatoms. The highest BCUT2D eigenvalue weighted by atomic mass is 16.8. The van der Waals surface area contributed by atoms with E-state index in [1.165, 1.54) is 20.8 Å². The summed E-state index contributed by atoms with van der Waals surface area (Å²) in [5.74, 6) is 0. The lowest BCUT2D eigenvalue weighted by atomic mass is 9.96. The summed E-state index contributed by atoms with van der Waals surface area (Å²) in [5, 5.41) is 94.8. The van der Waals surface area contributed by atoms with Crippen LogP contribution in [0.3, 0.4) is 0 Å². The van der Waals surface area contributed by atoms with Crippen LogP contribution in [0.15, 0.2) is 0 Å². The summed E-state index contributed by atoms with van der Waals surface area (Å²) < 4.78 is 46.6. The molecule has 4 rings (SSSR count). The molecular weight excluding hydrogens is 608 g/mol. The largest absolute Gasteiger partial charge is 0.388 e. The second-order valence-corrected chi connectivity index (χ2v) is 12.3. The number of rotatable bonds is 10. The number of ether oxygens (including phenoxy) is 8. The molecule has 45 heavy (non-hydrogen) atoms. The van der Waals surface area contributed by atoms with E-state index in [1.807, 2.05) is 6.92 Å². The summed E-state index contributed by atoms with van der Waals surface area (Å²) >= 11 is 0. The maximum Gasteiger partial charge on any atom is 0.187 e. The summed E-state index contributed by atoms with van der Waals surface area (Å²) in [6, 6.07) is 0. The Morgan fingerprint density at radius 1 is 0.422 bits per heavy atom. The number of hydrogen-bond acceptors (Lipinski definition) is 17. The van der Waals surface area contributed by atoms with Gasteiger partial charge < -0.3 is 83.9 Å². The van der Waals surface area contributed by atoms with Crippen LogP contribution in [0.2, 0.25) is 0 Å². The molecule has 264 valence electrons. The smallest absolute Gasteiger partial charge is 0.187 e. The minimum absolute atomic E-state index is 0.240. The second kappa shape index (κ2) is 15.7. The molecule has 9 N–H and O–H groups in total. The predicted octanol–water partition coefficient (Wildman–Crippen LogP) is -3.81. The van der Waals surface area contributed by atoms with E-state index in [0.717, 1.165) is 6.42 Å². The van der Waals surface area contributed by atoms with Gasteiger partial charge in [-0.25, -0.2) is 0 Å². The van der Waals surface area contributed by atoms with Gasteiger partial charge in [-0.15, -0.1) is 0 Å². The van der Waals surface area contributed by atoms with Gasteiger partial charge in [0.2, 0.25) is 0 Å². The van der Waals surface area contributed by atoms with Gasteiger partial charge in [0, 0.05) is 6.61 Å². The molecule has 0 aromatic carbocycles. The van der Waals surface area contributed by atoms with Gasteiger partial charge in [0.1, 0.15) is 73.2 Å². The summed E-state index contributed by atoms with van der Waals surface area (Å²) in [6.07, 6.45) is -26.4. The highest BCUT2D eigenvalue weighted by Crippen LogP contribution is 2.35. The van der Waals surface area contributed by atoms with Crippen molar-refractivity contribution in [3.8, 4) is 0 Å². The molecule has 17 nitrogen and oxygen atoms in total. The molecule has 4 fully saturated rings. The van der Waals surface area contributed by atoms with Crippen LogP contribution >= 0.6 is 0 Å². The van der Waals surface area contributed by atoms with E-state index in [2.05, 4.69) is 0 Å². The van der Waals surface area contributed by atoms with Gasteiger partial charge in [-0.05, 0) is 34.1 Å². The lowest BCUT2D eigenvalue weighted by Gasteiger charge is -2.49. The Labute approximate surface area is 261 Å². The molecule has 0 bridgehead atoms. The average Bonchev–Trinajstić information content (AvgIpc) is 3.00. The van der Waals surface area contributed by atoms with E-state index in [4.69, 9.17) is 37.9 Å². The zero-order valence-electron chi connectivity index (χ0n) is 26.0. The SMILES string of the molecule is CCCCO[C@@H]1O[C@H](C)[C@@H](O[C@@H]2O[C@H](C)[C@H](O)[C@H](O)[C@H]2O[C@@H]2O[C@H](C)[C@H](O)[C@H](O)[C@H]2O)[C@H](O)[C@H]1O[C@@H]1O[C@H](C)[C@@H](O)[C@H](O)[C@H]1O. The van der Waals surface area contributed by atoms with Crippen LogP contribution < -0.4 is 0 Å². The predicted molar refractivity (Wildman–Crippen MR) is 147 cm³/mol. The molecule has 0 radical (unpaired) electrons. The first-order valence-electron chi connectivity index (χ1n) is 15.5. The fourth-order valence-electron chi connectivity index (χ4n) is 5.78. The number of unbranched alkanes of at least 4 members (excludes halogenated alkanes) is 1. The zero-order chi connectivity index (χ0) is 33.3. The highest BCUT2D eigenvalue weighted by Gasteiger charge is 2.54. The molecule has 20 atom stereocenters. The van der Waals surface area contributed by atoms with Gasteiger partial charge in [0.15, 0.2) is 25.2 Å². The average molecular weight is 659 g/mol. The number of aliphatic hydroxyl groups excluding tert-OH is 9. The number of aliphatic hydroxyl groups is 9. The Kier molecular flexibility index (Phi) is 13.0. The molecular formula is C28H50O17. The molecule has 0 aliphatic carbocycles. The Balaban J connectivity index is 1.55. The highest BCUT2D eigenvalue weighted by molar-refractivity contribution is 4.96. The van der Waals surface area contributed by atoms with Crippen LogP contribution in [-0.2, 0) is 37.9 Å². The molecule has 0 aromatic rings. The van der Waals surface area contributed by atoms with E-state index in [1.54, 1.807) is 6.92 Å². The Hall–Kier alpha value is -0.680. The van der Waals surface area contributed by atoms with Crippen LogP contribution in [0.5, 0.6) is 0 Å². The molecule has 4 saturated heterocycles. The van der Waals surface area contributed by atoms with Crippen molar-refractivity contribution in [1.29, 1.82) is 0 Å². The molecule has 0 unspecified atom stereocenters. The fraction of sp³-hybridized carbons (Fsp3) is 1.00. The second-order valence-electron chi connectivity index (χ2n) is 12.3. The van der Waals surface area contributed by atoms with Crippen molar-refractivity contribution in [2.45, 2.75) is 170 Å². The summed E-state index contributed by atoms with van der Waals surface area (Å²) in [6.45, 7) is 8.16. The van der Waals surface area contributed by atoms with Crippen molar-refractivity contribution >= 4 is 0 Å². The Morgan fingerprint density at radius 3 is 1.31 bits per heavy atom. The normalized spacial score (nSPS) is 52.9. The maximum atomic E-state index is 11.6. The van der Waals surface area contributed by atoms with Crippen LogP contribution in [0.4, 0.5) is 0 Å². The van der Waals surface area contributed by atoms with E-state index < -0.39 is 123 Å². The molecule has 4 heterocycles. The Bertz CT molecular complexity index is 916. The molecule has 4 aliphatic heterocycles. The van der Waals surface area contributed by atoms with Crippen LogP contribution in [0.1, 0.15) is 47.5 Å². The van der Waals surface area contributed by atoms with E-state index in [0.29, 0.717) is 6.42 Å². The van der Waals surface area contributed by atoms with E-state index >= 15 is 0 Å². The lowest BCUT2D eigenvalue weighted by molar-refractivity contribution is -0.394. The van der Waals surface area contributed by atoms with E-state index in [9.17, 15) is 46.0 Å². The molecule has 4 aliphatic rings. The van der Waals surface area contributed by atoms with Crippen molar-refractivity contribution < 1.29 is 83.9 Å². The van der Waals surface area contributed by atoms with Crippen molar-refractivity contribution in [2.75, 3.05) is 6.61 Å². The minimum Gasteiger partial charge on any atom is -0.388 e. The van der Waals surface area contributed by atoms with Gasteiger partial charge in [0.25, 0.3) is 0 Å². The van der Waals surface area contributed by atoms with Crippen LogP contribution in [-0.4, -0.2) is 175 Å². The molecule has 0 aromatic heterocycles. The van der Waals surface area contributed by atoms with E-state index in [-0.39, 0.29) is 6.61 Å². The third-order valence-electron chi connectivity index (χ3n) is 8.81. The topological polar surface area (TPSA) is 256 Å². The van der Waals surface area contributed by atoms with Crippen molar-refractivity contribution in [3.05, 3.63) is 0 Å². The zero-order valence-corrected chi connectivity index (χ0v) is 26.0. The number of hydrogen-bond donors (Lipinski definition) is 9. The summed E-state index contributed by atoms with van der Waals surface area (Å²) in [5.41, 5.74) is 0. The van der Waals surface area contributed by atoms with Gasteiger partial charge in [-0.2, -0.15) is 0 Å². The van der Waals surface area contributed by atoms with Gasteiger partial charge in [-0.1, -0.05) is 13.3 Å². The summed E-state index contributed by atoms with van der Waals surface area (Å²) in [4.78, 5) is 0. The van der Waals surface area contributed by atoms with Crippen LogP contribution in [0.25, 0.3) is 0 Å². The third kappa shape index (κ3) is 7.97. The fourth-order valence-corrected chi connectivity index (χ4v) is 5.78. The van der Waals surface area contributed by atoms with Gasteiger partial charge in [-0.3, -0.25) is 0 Å². The van der Waals surface area contributed by atoms with Gasteiger partial charge in [0.05, 0.1) is 24.4 Å². The summed E-state index contributed by atoms with van der Waals surface area (Å²) in [7, 11) is 0. The first-order chi connectivity index (χ1) is 21.2. The minimum atomic E-state index is -1.74. The standard InChI is InChI=1S/C28H50O17/c1-6-7-8-38-27-24(45-26-20(36)17(33)14(30)10(3)40-26)21(37)22(12(5)42-27)43-28-23(18(34)15(31)11(4)41-28)44-25-19(35)16(32)13(29)9(2)39-25/h9-37H,6-8H2,1-5H3/t9-,10-,11-,12-,13+,14-,15+,16+,17+,18+,19-,20-,21+,22-,23-,24-,25+,26+,27-,28+/m1/s1. The Morgan fingerprint density at radius 2 is 0.822 bits per heavy atom. The quantitative estimate of drug-likeness (QED) is 0.102. The first kappa shape index (κ1) is 37.1. The maximum absolute atomic E-state index is 11.6. The third-order valence-corrected chi connectivity index (χ3v) is 8.81. The van der Waals surface area contributed by atoms with Crippen molar-refractivity contribution in [2.24, 2.45) is 0 Å². The van der Waals surface area contributed by atoms with Gasteiger partial charge >= 0.3 is 0 Å². The van der Waals surface area contributed by atoms with Crippen molar-refractivity contribution in [1.82, 2.24) is 0 Å². The molecule has 0 spiro atoms. The van der Waals surface area contributed by atoms with Crippen molar-refractivity contribution in [3.63, 3.8) is 0 Å². The van der Waals surface area contributed by atoms with Crippen LogP contribution in [0, 0.1) is 0 Å².